The summed E-state index contributed by atoms with van der Waals surface area (Å²) in [5.41, 5.74) is 1.40. The third kappa shape index (κ3) is 3.35. The number of ether oxygens (including phenoxy) is 1. The third-order valence-corrected chi connectivity index (χ3v) is 6.92. The van der Waals surface area contributed by atoms with Crippen molar-refractivity contribution in [3.63, 3.8) is 0 Å². The van der Waals surface area contributed by atoms with Crippen molar-refractivity contribution in [2.75, 3.05) is 4.90 Å². The summed E-state index contributed by atoms with van der Waals surface area (Å²) < 4.78 is 5.31. The number of rotatable bonds is 5. The first-order valence-corrected chi connectivity index (χ1v) is 11.0. The summed E-state index contributed by atoms with van der Waals surface area (Å²) in [6.07, 6.45) is 3.75. The van der Waals surface area contributed by atoms with Crippen molar-refractivity contribution in [2.24, 2.45) is 23.7 Å². The highest BCUT2D eigenvalue weighted by Gasteiger charge is 2.59. The minimum Gasteiger partial charge on any atom is -0.507 e. The zero-order valence-corrected chi connectivity index (χ0v) is 18.2. The van der Waals surface area contributed by atoms with E-state index >= 15 is 0 Å². The van der Waals surface area contributed by atoms with Crippen molar-refractivity contribution in [1.29, 1.82) is 0 Å². The molecule has 0 spiro atoms. The zero-order valence-electron chi connectivity index (χ0n) is 18.2. The molecular weight excluding hydrogens is 422 g/mol. The van der Waals surface area contributed by atoms with Crippen LogP contribution in [-0.2, 0) is 14.3 Å². The van der Waals surface area contributed by atoms with Gasteiger partial charge >= 0.3 is 5.97 Å². The SMILES string of the molecule is Cc1ccc(C(=O)[C@@H](C)OC(=O)c2cc(N3C(=O)[C@@H]4[C@H](C3=O)[C@H]3C=C[C@H]4C3)ccc2O)cc1. The molecule has 0 unspecified atom stereocenters. The summed E-state index contributed by atoms with van der Waals surface area (Å²) in [7, 11) is 0. The van der Waals surface area contributed by atoms with Gasteiger partial charge in [-0.05, 0) is 50.3 Å². The van der Waals surface area contributed by atoms with Gasteiger partial charge in [0.1, 0.15) is 11.3 Å². The fourth-order valence-corrected chi connectivity index (χ4v) is 5.21. The average molecular weight is 445 g/mol. The Hall–Kier alpha value is -3.74. The number of benzene rings is 2. The van der Waals surface area contributed by atoms with E-state index in [1.165, 1.54) is 25.1 Å². The van der Waals surface area contributed by atoms with E-state index in [4.69, 9.17) is 4.74 Å². The molecule has 7 heteroatoms. The highest BCUT2D eigenvalue weighted by Crippen LogP contribution is 2.53. The maximum absolute atomic E-state index is 13.0. The Labute approximate surface area is 190 Å². The molecule has 1 heterocycles. The van der Waals surface area contributed by atoms with Crippen LogP contribution in [-0.4, -0.2) is 34.8 Å². The number of esters is 1. The summed E-state index contributed by atoms with van der Waals surface area (Å²) in [5, 5.41) is 10.3. The summed E-state index contributed by atoms with van der Waals surface area (Å²) in [5.74, 6) is -2.83. The fraction of sp³-hybridized carbons (Fsp3) is 0.308. The second-order valence-electron chi connectivity index (χ2n) is 8.99. The Bertz CT molecular complexity index is 1180. The molecular formula is C26H23NO6. The van der Waals surface area contributed by atoms with Gasteiger partial charge in [0.2, 0.25) is 17.6 Å². The van der Waals surface area contributed by atoms with Gasteiger partial charge in [-0.25, -0.2) is 9.69 Å². The van der Waals surface area contributed by atoms with E-state index in [-0.39, 0.29) is 58.3 Å². The number of fused-ring (bicyclic) bond motifs is 5. The third-order valence-electron chi connectivity index (χ3n) is 6.92. The smallest absolute Gasteiger partial charge is 0.342 e. The molecule has 7 nitrogen and oxygen atoms in total. The van der Waals surface area contributed by atoms with Crippen molar-refractivity contribution in [3.8, 4) is 5.75 Å². The van der Waals surface area contributed by atoms with Crippen LogP contribution in [0.3, 0.4) is 0 Å². The number of imide groups is 1. The van der Waals surface area contributed by atoms with Gasteiger partial charge in [0.15, 0.2) is 6.10 Å². The lowest BCUT2D eigenvalue weighted by atomic mass is 9.85. The molecule has 2 aromatic carbocycles. The summed E-state index contributed by atoms with van der Waals surface area (Å²) in [4.78, 5) is 52.6. The van der Waals surface area contributed by atoms with E-state index in [9.17, 15) is 24.3 Å². The lowest BCUT2D eigenvalue weighted by Crippen LogP contribution is -2.33. The Morgan fingerprint density at radius 1 is 1.00 bits per heavy atom. The highest BCUT2D eigenvalue weighted by atomic mass is 16.5. The van der Waals surface area contributed by atoms with Crippen LogP contribution in [0.1, 0.15) is 39.6 Å². The highest BCUT2D eigenvalue weighted by molar-refractivity contribution is 6.23. The van der Waals surface area contributed by atoms with E-state index in [1.54, 1.807) is 24.3 Å². The quantitative estimate of drug-likeness (QED) is 0.328. The number of phenols is 1. The number of aryl methyl sites for hydroxylation is 1. The van der Waals surface area contributed by atoms with Gasteiger partial charge in [-0.2, -0.15) is 0 Å². The van der Waals surface area contributed by atoms with E-state index < -0.39 is 12.1 Å². The van der Waals surface area contributed by atoms with Gasteiger partial charge in [-0.3, -0.25) is 14.4 Å². The van der Waals surface area contributed by atoms with Crippen LogP contribution in [0, 0.1) is 30.6 Å². The van der Waals surface area contributed by atoms with Gasteiger partial charge in [0.25, 0.3) is 0 Å². The number of hydrogen-bond donors (Lipinski definition) is 1. The number of amides is 2. The lowest BCUT2D eigenvalue weighted by molar-refractivity contribution is -0.123. The van der Waals surface area contributed by atoms with Crippen LogP contribution in [0.5, 0.6) is 5.75 Å². The molecule has 1 N–H and O–H groups in total. The van der Waals surface area contributed by atoms with Crippen molar-refractivity contribution in [2.45, 2.75) is 26.4 Å². The van der Waals surface area contributed by atoms with Gasteiger partial charge in [0, 0.05) is 5.56 Å². The normalized spacial score (nSPS) is 25.9. The van der Waals surface area contributed by atoms with Crippen LogP contribution in [0.25, 0.3) is 0 Å². The predicted molar refractivity (Wildman–Crippen MR) is 119 cm³/mol. The molecule has 2 aliphatic carbocycles. The molecule has 0 aromatic heterocycles. The minimum absolute atomic E-state index is 0.0663. The van der Waals surface area contributed by atoms with E-state index in [1.807, 2.05) is 19.1 Å². The molecule has 5 atom stereocenters. The second kappa shape index (κ2) is 7.69. The molecule has 2 bridgehead atoms. The van der Waals surface area contributed by atoms with E-state index in [0.29, 0.717) is 5.56 Å². The van der Waals surface area contributed by atoms with Gasteiger partial charge in [0.05, 0.1) is 17.5 Å². The molecule has 33 heavy (non-hydrogen) atoms. The van der Waals surface area contributed by atoms with E-state index in [2.05, 4.69) is 0 Å². The number of allylic oxidation sites excluding steroid dienone is 2. The Morgan fingerprint density at radius 3 is 2.21 bits per heavy atom. The molecule has 2 fully saturated rings. The first-order chi connectivity index (χ1) is 15.8. The molecule has 1 saturated carbocycles. The summed E-state index contributed by atoms with van der Waals surface area (Å²) in [6.45, 7) is 3.36. The Kier molecular flexibility index (Phi) is 4.92. The number of phenolic OH excluding ortho intramolecular Hbond substituents is 1. The molecule has 3 aliphatic rings. The maximum Gasteiger partial charge on any atom is 0.342 e. The largest absolute Gasteiger partial charge is 0.507 e. The fourth-order valence-electron chi connectivity index (χ4n) is 5.21. The van der Waals surface area contributed by atoms with Crippen LogP contribution >= 0.6 is 0 Å². The van der Waals surface area contributed by atoms with Crippen LogP contribution < -0.4 is 4.90 Å². The number of nitrogens with zero attached hydrogens (tertiary/aromatic N) is 1. The molecule has 0 radical (unpaired) electrons. The van der Waals surface area contributed by atoms with Gasteiger partial charge in [-0.1, -0.05) is 42.0 Å². The number of aromatic hydroxyl groups is 1. The van der Waals surface area contributed by atoms with Gasteiger partial charge < -0.3 is 9.84 Å². The molecule has 2 amide bonds. The van der Waals surface area contributed by atoms with E-state index in [0.717, 1.165) is 16.9 Å². The zero-order chi connectivity index (χ0) is 23.4. The second-order valence-corrected chi connectivity index (χ2v) is 8.99. The minimum atomic E-state index is -1.08. The molecule has 1 aliphatic heterocycles. The van der Waals surface area contributed by atoms with Crippen LogP contribution in [0.15, 0.2) is 54.6 Å². The van der Waals surface area contributed by atoms with Crippen molar-refractivity contribution in [3.05, 3.63) is 71.3 Å². The molecule has 1 saturated heterocycles. The van der Waals surface area contributed by atoms with Gasteiger partial charge in [-0.15, -0.1) is 0 Å². The van der Waals surface area contributed by atoms with Crippen molar-refractivity contribution >= 4 is 29.3 Å². The first-order valence-electron chi connectivity index (χ1n) is 11.0. The van der Waals surface area contributed by atoms with Crippen LogP contribution in [0.4, 0.5) is 5.69 Å². The number of carbonyl (C=O) groups excluding carboxylic acids is 4. The molecule has 2 aromatic rings. The monoisotopic (exact) mass is 445 g/mol. The Morgan fingerprint density at radius 2 is 1.61 bits per heavy atom. The lowest BCUT2D eigenvalue weighted by Gasteiger charge is -2.19. The number of anilines is 1. The van der Waals surface area contributed by atoms with Crippen molar-refractivity contribution < 1.29 is 29.0 Å². The number of Topliss-reactive ketones (excluding diaryl/α,β-unsaturated/α-hetero) is 1. The average Bonchev–Trinajstić information content (AvgIpc) is 3.48. The Balaban J connectivity index is 1.36. The molecule has 168 valence electrons. The first kappa shape index (κ1) is 21.1. The summed E-state index contributed by atoms with van der Waals surface area (Å²) >= 11 is 0. The number of carbonyl (C=O) groups is 4. The number of hydrogen-bond acceptors (Lipinski definition) is 6. The van der Waals surface area contributed by atoms with Crippen molar-refractivity contribution in [1.82, 2.24) is 0 Å². The maximum atomic E-state index is 13.0. The molecule has 5 rings (SSSR count). The summed E-state index contributed by atoms with van der Waals surface area (Å²) in [6, 6.07) is 10.8. The topological polar surface area (TPSA) is 101 Å². The number of ketones is 1. The standard InChI is InChI=1S/C26H23NO6/c1-13-3-5-15(6-4-13)23(29)14(2)33-26(32)19-12-18(9-10-20(19)28)27-24(30)21-16-7-8-17(11-16)22(21)25(27)31/h3-10,12,14,16-17,21-22,28H,11H2,1-2H3/t14-,16+,17+,21-,22+/m1/s1. The predicted octanol–water partition coefficient (Wildman–Crippen LogP) is 3.44. The van der Waals surface area contributed by atoms with Crippen LogP contribution in [0.2, 0.25) is 0 Å².